The van der Waals surface area contributed by atoms with Gasteiger partial charge in [-0.2, -0.15) is 0 Å². The number of nitrogen functional groups attached to an aromatic ring is 1. The Balaban J connectivity index is 2.10. The Bertz CT molecular complexity index is 295. The Kier molecular flexibility index (Phi) is 5.94. The number of anilines is 1. The highest BCUT2D eigenvalue weighted by atomic mass is 14.8. The lowest BCUT2D eigenvalue weighted by molar-refractivity contribution is 0.521. The average molecular weight is 220 g/mol. The van der Waals surface area contributed by atoms with E-state index in [0.29, 0.717) is 0 Å². The van der Waals surface area contributed by atoms with Crippen LogP contribution in [-0.4, -0.2) is 6.54 Å². The van der Waals surface area contributed by atoms with Crippen molar-refractivity contribution in [3.63, 3.8) is 0 Å². The summed E-state index contributed by atoms with van der Waals surface area (Å²) in [5.74, 6) is 0.824. The fourth-order valence-electron chi connectivity index (χ4n) is 1.72. The van der Waals surface area contributed by atoms with Gasteiger partial charge >= 0.3 is 0 Å². The maximum Gasteiger partial charge on any atom is 0.0359 e. The Labute approximate surface area is 99.2 Å². The zero-order valence-electron chi connectivity index (χ0n) is 10.5. The number of hydrogen-bond donors (Lipinski definition) is 2. The predicted molar refractivity (Wildman–Crippen MR) is 71.3 cm³/mol. The molecule has 2 heteroatoms. The lowest BCUT2D eigenvalue weighted by Crippen LogP contribution is -2.15. The standard InChI is InChI=1S/C14H24N2/c1-12(2)7-5-6-10-16-11-13-8-3-4-9-14(13)15/h3-4,8-9,12,16H,5-7,10-11,15H2,1-2H3. The number of benzene rings is 1. The van der Waals surface area contributed by atoms with Crippen LogP contribution in [0.3, 0.4) is 0 Å². The molecule has 0 saturated heterocycles. The summed E-state index contributed by atoms with van der Waals surface area (Å²) in [6.07, 6.45) is 3.90. The van der Waals surface area contributed by atoms with Crippen LogP contribution in [-0.2, 0) is 6.54 Å². The van der Waals surface area contributed by atoms with E-state index in [9.17, 15) is 0 Å². The Hall–Kier alpha value is -1.02. The summed E-state index contributed by atoms with van der Waals surface area (Å²) in [6.45, 7) is 6.52. The molecule has 0 saturated carbocycles. The SMILES string of the molecule is CC(C)CCCCNCc1ccccc1N. The molecule has 0 aliphatic rings. The van der Waals surface area contributed by atoms with Crippen molar-refractivity contribution < 1.29 is 0 Å². The highest BCUT2D eigenvalue weighted by molar-refractivity contribution is 5.46. The first-order valence-corrected chi connectivity index (χ1v) is 6.24. The van der Waals surface area contributed by atoms with E-state index >= 15 is 0 Å². The van der Waals surface area contributed by atoms with Crippen LogP contribution in [0.1, 0.15) is 38.7 Å². The van der Waals surface area contributed by atoms with E-state index in [4.69, 9.17) is 5.73 Å². The van der Waals surface area contributed by atoms with Crippen LogP contribution >= 0.6 is 0 Å². The summed E-state index contributed by atoms with van der Waals surface area (Å²) in [6, 6.07) is 8.04. The molecule has 0 radical (unpaired) electrons. The largest absolute Gasteiger partial charge is 0.398 e. The molecule has 0 aromatic heterocycles. The van der Waals surface area contributed by atoms with E-state index in [1.54, 1.807) is 0 Å². The van der Waals surface area contributed by atoms with E-state index in [0.717, 1.165) is 24.7 Å². The zero-order valence-corrected chi connectivity index (χ0v) is 10.5. The third-order valence-corrected chi connectivity index (χ3v) is 2.76. The van der Waals surface area contributed by atoms with Gasteiger partial charge in [0.05, 0.1) is 0 Å². The molecule has 16 heavy (non-hydrogen) atoms. The summed E-state index contributed by atoms with van der Waals surface area (Å²) in [5.41, 5.74) is 7.95. The maximum atomic E-state index is 5.86. The second-order valence-electron chi connectivity index (χ2n) is 4.77. The lowest BCUT2D eigenvalue weighted by Gasteiger charge is -2.08. The van der Waals surface area contributed by atoms with Gasteiger partial charge in [0.2, 0.25) is 0 Å². The molecule has 0 spiro atoms. The van der Waals surface area contributed by atoms with Crippen LogP contribution in [0.25, 0.3) is 0 Å². The van der Waals surface area contributed by atoms with Crippen molar-refractivity contribution >= 4 is 5.69 Å². The van der Waals surface area contributed by atoms with E-state index in [-0.39, 0.29) is 0 Å². The fourth-order valence-corrected chi connectivity index (χ4v) is 1.72. The van der Waals surface area contributed by atoms with Gasteiger partial charge in [-0.1, -0.05) is 44.9 Å². The van der Waals surface area contributed by atoms with Crippen LogP contribution in [0.4, 0.5) is 5.69 Å². The smallest absolute Gasteiger partial charge is 0.0359 e. The number of nitrogens with two attached hydrogens (primary N) is 1. The van der Waals surface area contributed by atoms with Crippen molar-refractivity contribution in [2.24, 2.45) is 5.92 Å². The molecule has 0 heterocycles. The molecule has 0 aliphatic carbocycles. The molecule has 0 unspecified atom stereocenters. The molecule has 0 amide bonds. The molecule has 0 bridgehead atoms. The molecular formula is C14H24N2. The topological polar surface area (TPSA) is 38.0 Å². The summed E-state index contributed by atoms with van der Waals surface area (Å²) in [5, 5.41) is 3.44. The van der Waals surface area contributed by atoms with Gasteiger partial charge in [-0.05, 0) is 30.5 Å². The van der Waals surface area contributed by atoms with Crippen LogP contribution in [0.2, 0.25) is 0 Å². The summed E-state index contributed by atoms with van der Waals surface area (Å²) in [4.78, 5) is 0. The maximum absolute atomic E-state index is 5.86. The predicted octanol–water partition coefficient (Wildman–Crippen LogP) is 3.18. The molecule has 0 atom stereocenters. The number of nitrogens with one attached hydrogen (secondary N) is 1. The van der Waals surface area contributed by atoms with Crippen molar-refractivity contribution in [2.75, 3.05) is 12.3 Å². The molecule has 2 nitrogen and oxygen atoms in total. The molecule has 0 fully saturated rings. The van der Waals surface area contributed by atoms with E-state index in [2.05, 4.69) is 25.2 Å². The van der Waals surface area contributed by atoms with Crippen LogP contribution in [0.15, 0.2) is 24.3 Å². The van der Waals surface area contributed by atoms with Gasteiger partial charge in [0.1, 0.15) is 0 Å². The van der Waals surface area contributed by atoms with Gasteiger partial charge in [-0.3, -0.25) is 0 Å². The minimum atomic E-state index is 0.824. The van der Waals surface area contributed by atoms with E-state index in [1.807, 2.05) is 18.2 Å². The highest BCUT2D eigenvalue weighted by Gasteiger charge is 1.97. The fraction of sp³-hybridized carbons (Fsp3) is 0.571. The minimum absolute atomic E-state index is 0.824. The van der Waals surface area contributed by atoms with Gasteiger partial charge in [-0.15, -0.1) is 0 Å². The van der Waals surface area contributed by atoms with Gasteiger partial charge in [0.25, 0.3) is 0 Å². The molecule has 3 N–H and O–H groups in total. The monoisotopic (exact) mass is 220 g/mol. The van der Waals surface area contributed by atoms with Crippen molar-refractivity contribution in [1.29, 1.82) is 0 Å². The van der Waals surface area contributed by atoms with Gasteiger partial charge in [0.15, 0.2) is 0 Å². The molecule has 1 aromatic carbocycles. The van der Waals surface area contributed by atoms with Crippen molar-refractivity contribution in [3.05, 3.63) is 29.8 Å². The van der Waals surface area contributed by atoms with Crippen LogP contribution in [0.5, 0.6) is 0 Å². The Morgan fingerprint density at radius 3 is 2.62 bits per heavy atom. The van der Waals surface area contributed by atoms with Crippen molar-refractivity contribution in [3.8, 4) is 0 Å². The number of para-hydroxylation sites is 1. The highest BCUT2D eigenvalue weighted by Crippen LogP contribution is 2.10. The zero-order chi connectivity index (χ0) is 11.8. The summed E-state index contributed by atoms with van der Waals surface area (Å²) in [7, 11) is 0. The van der Waals surface area contributed by atoms with Crippen molar-refractivity contribution in [1.82, 2.24) is 5.32 Å². The van der Waals surface area contributed by atoms with E-state index in [1.165, 1.54) is 24.8 Å². The van der Waals surface area contributed by atoms with Gasteiger partial charge in [0, 0.05) is 12.2 Å². The first kappa shape index (κ1) is 13.0. The Morgan fingerprint density at radius 1 is 1.19 bits per heavy atom. The third-order valence-electron chi connectivity index (χ3n) is 2.76. The quantitative estimate of drug-likeness (QED) is 0.547. The first-order chi connectivity index (χ1) is 7.70. The summed E-state index contributed by atoms with van der Waals surface area (Å²) >= 11 is 0. The summed E-state index contributed by atoms with van der Waals surface area (Å²) < 4.78 is 0. The average Bonchev–Trinajstić information content (AvgIpc) is 2.25. The van der Waals surface area contributed by atoms with Crippen LogP contribution < -0.4 is 11.1 Å². The molecule has 90 valence electrons. The van der Waals surface area contributed by atoms with Gasteiger partial charge < -0.3 is 11.1 Å². The Morgan fingerprint density at radius 2 is 1.94 bits per heavy atom. The molecule has 1 rings (SSSR count). The van der Waals surface area contributed by atoms with Crippen molar-refractivity contribution in [2.45, 2.75) is 39.7 Å². The second kappa shape index (κ2) is 7.29. The van der Waals surface area contributed by atoms with Gasteiger partial charge in [-0.25, -0.2) is 0 Å². The second-order valence-corrected chi connectivity index (χ2v) is 4.77. The number of hydrogen-bond acceptors (Lipinski definition) is 2. The number of rotatable bonds is 7. The molecule has 0 aliphatic heterocycles. The number of unbranched alkanes of at least 4 members (excludes halogenated alkanes) is 1. The molecular weight excluding hydrogens is 196 g/mol. The first-order valence-electron chi connectivity index (χ1n) is 6.24. The van der Waals surface area contributed by atoms with Crippen LogP contribution in [0, 0.1) is 5.92 Å². The van der Waals surface area contributed by atoms with E-state index < -0.39 is 0 Å². The molecule has 1 aromatic rings. The minimum Gasteiger partial charge on any atom is -0.398 e. The lowest BCUT2D eigenvalue weighted by atomic mass is 10.1. The third kappa shape index (κ3) is 5.17. The normalized spacial score (nSPS) is 10.9.